The molecule has 0 atom stereocenters. The van der Waals surface area contributed by atoms with E-state index in [1.54, 1.807) is 29.6 Å². The number of nitrogens with zero attached hydrogens (tertiary/aromatic N) is 5. The normalized spacial score (nSPS) is 15.4. The van der Waals surface area contributed by atoms with E-state index >= 15 is 4.39 Å². The van der Waals surface area contributed by atoms with Gasteiger partial charge in [-0.25, -0.2) is 9.37 Å². The zero-order chi connectivity index (χ0) is 29.0. The number of hydrogen-bond acceptors (Lipinski definition) is 7. The smallest absolute Gasteiger partial charge is 0.242 e. The maximum Gasteiger partial charge on any atom is 0.242 e. The maximum absolute atomic E-state index is 15.2. The first kappa shape index (κ1) is 26.1. The van der Waals surface area contributed by atoms with Crippen molar-refractivity contribution < 1.29 is 18.7 Å². The molecule has 0 bridgehead atoms. The summed E-state index contributed by atoms with van der Waals surface area (Å²) in [7, 11) is 3.89. The SMILES string of the molecule is CN1CCN(C(=O)C2(C(=O)Nc3ccc(Oc4ccnc5cc(-c6cn(C)cn6)sc45)c(F)c3)CC2)c2ccccc21. The van der Waals surface area contributed by atoms with Gasteiger partial charge in [-0.05, 0) is 43.2 Å². The Morgan fingerprint density at radius 3 is 2.55 bits per heavy atom. The van der Waals surface area contributed by atoms with Crippen LogP contribution in [0.4, 0.5) is 21.5 Å². The Bertz CT molecular complexity index is 1860. The molecular formula is C31H27FN6O3S. The molecule has 212 valence electrons. The topological polar surface area (TPSA) is 92.6 Å². The maximum atomic E-state index is 15.2. The molecule has 0 unspecified atom stereocenters. The number of carbonyl (C=O) groups is 2. The number of anilines is 3. The van der Waals surface area contributed by atoms with Crippen LogP contribution in [-0.4, -0.2) is 46.5 Å². The Balaban J connectivity index is 1.08. The first-order valence-corrected chi connectivity index (χ1v) is 14.4. The van der Waals surface area contributed by atoms with E-state index in [0.717, 1.165) is 32.2 Å². The Morgan fingerprint density at radius 2 is 1.81 bits per heavy atom. The molecule has 9 nitrogen and oxygen atoms in total. The number of ether oxygens (including phenoxy) is 1. The third-order valence-corrected chi connectivity index (χ3v) is 8.99. The number of pyridine rings is 1. The van der Waals surface area contributed by atoms with Crippen LogP contribution in [0.25, 0.3) is 20.8 Å². The van der Waals surface area contributed by atoms with Gasteiger partial charge in [-0.2, -0.15) is 0 Å². The van der Waals surface area contributed by atoms with Gasteiger partial charge in [0.05, 0.1) is 38.5 Å². The first-order chi connectivity index (χ1) is 20.3. The number of imidazole rings is 1. The lowest BCUT2D eigenvalue weighted by molar-refractivity contribution is -0.132. The number of carbonyl (C=O) groups excluding carboxylic acids is 2. The van der Waals surface area contributed by atoms with Crippen LogP contribution in [0.3, 0.4) is 0 Å². The number of hydrogen-bond donors (Lipinski definition) is 1. The number of rotatable bonds is 6. The molecule has 7 rings (SSSR count). The number of halogens is 1. The first-order valence-electron chi connectivity index (χ1n) is 13.6. The molecule has 42 heavy (non-hydrogen) atoms. The number of aromatic nitrogens is 3. The van der Waals surface area contributed by atoms with E-state index in [0.29, 0.717) is 31.7 Å². The molecule has 1 N–H and O–H groups in total. The summed E-state index contributed by atoms with van der Waals surface area (Å²) in [5.41, 5.74) is 2.41. The largest absolute Gasteiger partial charge is 0.453 e. The molecule has 2 aromatic carbocycles. The van der Waals surface area contributed by atoms with Crippen molar-refractivity contribution >= 4 is 50.4 Å². The second kappa shape index (κ2) is 9.95. The van der Waals surface area contributed by atoms with Crippen molar-refractivity contribution in [2.75, 3.05) is 35.3 Å². The molecule has 1 saturated carbocycles. The van der Waals surface area contributed by atoms with Crippen molar-refractivity contribution in [1.82, 2.24) is 14.5 Å². The number of fused-ring (bicyclic) bond motifs is 2. The third kappa shape index (κ3) is 4.46. The molecule has 4 heterocycles. The highest BCUT2D eigenvalue weighted by Crippen LogP contribution is 2.50. The standard InChI is InChI=1S/C31H27FN6O3S/c1-36-17-22(34-18-36)27-16-21-28(42-27)26(9-12-33-21)41-25-8-7-19(15-20(25)32)35-29(39)31(10-11-31)30(40)38-14-13-37(2)23-5-3-4-6-24(23)38/h3-9,12,15-18H,10-11,13-14H2,1-2H3,(H,35,39). The zero-order valence-corrected chi connectivity index (χ0v) is 23.8. The zero-order valence-electron chi connectivity index (χ0n) is 23.0. The quantitative estimate of drug-likeness (QED) is 0.253. The van der Waals surface area contributed by atoms with Crippen LogP contribution in [0.2, 0.25) is 0 Å². The lowest BCUT2D eigenvalue weighted by Crippen LogP contribution is -2.48. The predicted molar refractivity (Wildman–Crippen MR) is 161 cm³/mol. The van der Waals surface area contributed by atoms with E-state index in [1.165, 1.54) is 23.5 Å². The van der Waals surface area contributed by atoms with Gasteiger partial charge in [0.1, 0.15) is 11.2 Å². The van der Waals surface area contributed by atoms with Crippen molar-refractivity contribution in [3.8, 4) is 22.1 Å². The summed E-state index contributed by atoms with van der Waals surface area (Å²) in [4.78, 5) is 40.6. The van der Waals surface area contributed by atoms with Gasteiger partial charge >= 0.3 is 0 Å². The van der Waals surface area contributed by atoms with Crippen molar-refractivity contribution in [2.45, 2.75) is 12.8 Å². The highest BCUT2D eigenvalue weighted by atomic mass is 32.1. The van der Waals surface area contributed by atoms with Gasteiger partial charge in [0, 0.05) is 57.4 Å². The highest BCUT2D eigenvalue weighted by Gasteiger charge is 2.58. The second-order valence-electron chi connectivity index (χ2n) is 10.7. The van der Waals surface area contributed by atoms with Gasteiger partial charge in [0.25, 0.3) is 0 Å². The minimum absolute atomic E-state index is 0.0135. The summed E-state index contributed by atoms with van der Waals surface area (Å²) in [6.45, 7) is 1.17. The Labute approximate surface area is 245 Å². The van der Waals surface area contributed by atoms with E-state index < -0.39 is 17.1 Å². The van der Waals surface area contributed by atoms with Crippen molar-refractivity contribution in [1.29, 1.82) is 0 Å². The molecule has 5 aromatic rings. The molecule has 1 aliphatic heterocycles. The number of amides is 2. The number of aryl methyl sites for hydroxylation is 1. The van der Waals surface area contributed by atoms with E-state index in [1.807, 2.05) is 55.2 Å². The van der Waals surface area contributed by atoms with Gasteiger partial charge in [-0.15, -0.1) is 11.3 Å². The van der Waals surface area contributed by atoms with Crippen LogP contribution >= 0.6 is 11.3 Å². The van der Waals surface area contributed by atoms with Gasteiger partial charge in [-0.3, -0.25) is 14.6 Å². The number of benzene rings is 2. The van der Waals surface area contributed by atoms with Gasteiger partial charge < -0.3 is 24.4 Å². The van der Waals surface area contributed by atoms with Crippen LogP contribution < -0.4 is 19.9 Å². The van der Waals surface area contributed by atoms with E-state index in [2.05, 4.69) is 20.2 Å². The number of nitrogens with one attached hydrogen (secondary N) is 1. The minimum Gasteiger partial charge on any atom is -0.453 e. The average Bonchev–Trinajstić information content (AvgIpc) is 3.50. The minimum atomic E-state index is -1.15. The van der Waals surface area contributed by atoms with Crippen LogP contribution in [0.15, 0.2) is 73.3 Å². The second-order valence-corrected chi connectivity index (χ2v) is 11.8. The Hall–Kier alpha value is -4.77. The summed E-state index contributed by atoms with van der Waals surface area (Å²) >= 11 is 1.47. The summed E-state index contributed by atoms with van der Waals surface area (Å²) < 4.78 is 23.9. The molecule has 3 aromatic heterocycles. The van der Waals surface area contributed by atoms with Crippen LogP contribution in [-0.2, 0) is 16.6 Å². The fraction of sp³-hybridized carbons (Fsp3) is 0.226. The molecule has 1 aliphatic carbocycles. The van der Waals surface area contributed by atoms with Gasteiger partial charge in [0.15, 0.2) is 11.6 Å². The summed E-state index contributed by atoms with van der Waals surface area (Å²) in [6, 6.07) is 15.6. The molecule has 0 radical (unpaired) electrons. The molecule has 1 fully saturated rings. The fourth-order valence-electron chi connectivity index (χ4n) is 5.33. The molecule has 2 amide bonds. The average molecular weight is 583 g/mol. The highest BCUT2D eigenvalue weighted by molar-refractivity contribution is 7.22. The molecule has 2 aliphatic rings. The van der Waals surface area contributed by atoms with Crippen LogP contribution in [0, 0.1) is 11.2 Å². The van der Waals surface area contributed by atoms with Gasteiger partial charge in [-0.1, -0.05) is 12.1 Å². The summed E-state index contributed by atoms with van der Waals surface area (Å²) in [5, 5.41) is 2.77. The molecular weight excluding hydrogens is 555 g/mol. The predicted octanol–water partition coefficient (Wildman–Crippen LogP) is 5.83. The lowest BCUT2D eigenvalue weighted by atomic mass is 10.0. The van der Waals surface area contributed by atoms with Crippen LogP contribution in [0.5, 0.6) is 11.5 Å². The van der Waals surface area contributed by atoms with E-state index in [4.69, 9.17) is 4.74 Å². The number of para-hydroxylation sites is 2. The number of thiophene rings is 1. The number of likely N-dealkylation sites (N-methyl/N-ethyl adjacent to an activating group) is 1. The molecule has 0 spiro atoms. The van der Waals surface area contributed by atoms with Gasteiger partial charge in [0.2, 0.25) is 11.8 Å². The Morgan fingerprint density at radius 1 is 1.00 bits per heavy atom. The van der Waals surface area contributed by atoms with E-state index in [-0.39, 0.29) is 17.3 Å². The van der Waals surface area contributed by atoms with Crippen molar-refractivity contribution in [2.24, 2.45) is 12.5 Å². The third-order valence-electron chi connectivity index (χ3n) is 7.82. The van der Waals surface area contributed by atoms with Crippen LogP contribution in [0.1, 0.15) is 12.8 Å². The van der Waals surface area contributed by atoms with Crippen molar-refractivity contribution in [3.63, 3.8) is 0 Å². The fourth-order valence-corrected chi connectivity index (χ4v) is 6.36. The monoisotopic (exact) mass is 582 g/mol. The Kier molecular flexibility index (Phi) is 6.19. The molecule has 11 heteroatoms. The molecule has 0 saturated heterocycles. The summed E-state index contributed by atoms with van der Waals surface area (Å²) in [6.07, 6.45) is 6.17. The lowest BCUT2D eigenvalue weighted by Gasteiger charge is -2.37. The van der Waals surface area contributed by atoms with Crippen molar-refractivity contribution in [3.05, 3.63) is 79.1 Å². The van der Waals surface area contributed by atoms with E-state index in [9.17, 15) is 9.59 Å². The summed E-state index contributed by atoms with van der Waals surface area (Å²) in [5.74, 6) is -0.794.